The molecule has 0 bridgehead atoms. The van der Waals surface area contributed by atoms with Crippen LogP contribution in [0.1, 0.15) is 5.76 Å². The van der Waals surface area contributed by atoms with Gasteiger partial charge in [-0.3, -0.25) is 4.55 Å². The summed E-state index contributed by atoms with van der Waals surface area (Å²) in [5.74, 6) is 0.681. The van der Waals surface area contributed by atoms with E-state index in [1.165, 1.54) is 12.1 Å². The third-order valence-corrected chi connectivity index (χ3v) is 4.22. The normalized spacial score (nSPS) is 11.5. The minimum absolute atomic E-state index is 0.155. The van der Waals surface area contributed by atoms with Gasteiger partial charge in [0.25, 0.3) is 10.1 Å². The SMILES string of the molecule is Cc1onc(-c2ccc(S(=O)(=O)O)cc2)c1-c1ccccc1. The molecule has 112 valence electrons. The van der Waals surface area contributed by atoms with Gasteiger partial charge in [-0.2, -0.15) is 8.42 Å². The molecule has 0 radical (unpaired) electrons. The molecule has 0 spiro atoms. The van der Waals surface area contributed by atoms with Crippen LogP contribution in [-0.4, -0.2) is 18.1 Å². The Morgan fingerprint density at radius 2 is 1.59 bits per heavy atom. The molecule has 0 saturated carbocycles. The van der Waals surface area contributed by atoms with E-state index in [9.17, 15) is 8.42 Å². The smallest absolute Gasteiger partial charge is 0.294 e. The van der Waals surface area contributed by atoms with Gasteiger partial charge in [-0.25, -0.2) is 0 Å². The van der Waals surface area contributed by atoms with Gasteiger partial charge in [-0.15, -0.1) is 0 Å². The molecule has 0 unspecified atom stereocenters. The Bertz CT molecular complexity index is 897. The van der Waals surface area contributed by atoms with Gasteiger partial charge < -0.3 is 4.52 Å². The Balaban J connectivity index is 2.11. The highest BCUT2D eigenvalue weighted by atomic mass is 32.2. The predicted octanol–water partition coefficient (Wildman–Crippen LogP) is 3.56. The maximum atomic E-state index is 11.1. The van der Waals surface area contributed by atoms with Crippen molar-refractivity contribution in [1.29, 1.82) is 0 Å². The maximum Gasteiger partial charge on any atom is 0.294 e. The molecule has 22 heavy (non-hydrogen) atoms. The Hall–Kier alpha value is -2.44. The molecule has 3 aromatic rings. The molecular formula is C16H13NO4S. The first-order valence-electron chi connectivity index (χ1n) is 6.56. The van der Waals surface area contributed by atoms with E-state index in [2.05, 4.69) is 5.16 Å². The Morgan fingerprint density at radius 3 is 2.18 bits per heavy atom. The average molecular weight is 315 g/mol. The van der Waals surface area contributed by atoms with Crippen molar-refractivity contribution in [2.24, 2.45) is 0 Å². The molecule has 1 N–H and O–H groups in total. The summed E-state index contributed by atoms with van der Waals surface area (Å²) in [5.41, 5.74) is 3.17. The summed E-state index contributed by atoms with van der Waals surface area (Å²) in [6.07, 6.45) is 0. The van der Waals surface area contributed by atoms with E-state index in [-0.39, 0.29) is 4.90 Å². The largest absolute Gasteiger partial charge is 0.360 e. The van der Waals surface area contributed by atoms with Gasteiger partial charge in [-0.05, 0) is 24.6 Å². The number of aromatic nitrogens is 1. The number of nitrogens with zero attached hydrogens (tertiary/aromatic N) is 1. The predicted molar refractivity (Wildman–Crippen MR) is 81.9 cm³/mol. The molecular weight excluding hydrogens is 302 g/mol. The molecule has 2 aromatic carbocycles. The van der Waals surface area contributed by atoms with Crippen molar-refractivity contribution in [2.45, 2.75) is 11.8 Å². The van der Waals surface area contributed by atoms with Gasteiger partial charge >= 0.3 is 0 Å². The van der Waals surface area contributed by atoms with Crippen molar-refractivity contribution >= 4 is 10.1 Å². The summed E-state index contributed by atoms with van der Waals surface area (Å²) in [6, 6.07) is 15.5. The number of benzene rings is 2. The van der Waals surface area contributed by atoms with Gasteiger partial charge in [0.15, 0.2) is 0 Å². The number of hydrogen-bond donors (Lipinski definition) is 1. The topological polar surface area (TPSA) is 80.4 Å². The van der Waals surface area contributed by atoms with Crippen molar-refractivity contribution < 1.29 is 17.5 Å². The highest BCUT2D eigenvalue weighted by molar-refractivity contribution is 7.85. The van der Waals surface area contributed by atoms with Crippen LogP contribution in [-0.2, 0) is 10.1 Å². The fourth-order valence-corrected chi connectivity index (χ4v) is 2.78. The van der Waals surface area contributed by atoms with E-state index >= 15 is 0 Å². The second kappa shape index (κ2) is 5.40. The standard InChI is InChI=1S/C16H13NO4S/c1-11-15(12-5-3-2-4-6-12)16(17-21-11)13-7-9-14(10-8-13)22(18,19)20/h2-10H,1H3,(H,18,19,20). The van der Waals surface area contributed by atoms with Gasteiger partial charge in [0.2, 0.25) is 0 Å². The van der Waals surface area contributed by atoms with E-state index in [0.29, 0.717) is 17.0 Å². The van der Waals surface area contributed by atoms with Gasteiger partial charge in [-0.1, -0.05) is 47.6 Å². The van der Waals surface area contributed by atoms with Crippen LogP contribution in [0, 0.1) is 6.92 Å². The first-order chi connectivity index (χ1) is 10.5. The average Bonchev–Trinajstić information content (AvgIpc) is 2.89. The van der Waals surface area contributed by atoms with Crippen LogP contribution in [0.25, 0.3) is 22.4 Å². The highest BCUT2D eigenvalue weighted by Crippen LogP contribution is 2.34. The second-order valence-corrected chi connectivity index (χ2v) is 6.25. The Kier molecular flexibility index (Phi) is 3.56. The third-order valence-electron chi connectivity index (χ3n) is 3.35. The van der Waals surface area contributed by atoms with E-state index in [0.717, 1.165) is 11.1 Å². The lowest BCUT2D eigenvalue weighted by Gasteiger charge is -2.04. The van der Waals surface area contributed by atoms with E-state index in [1.807, 2.05) is 37.3 Å². The zero-order valence-electron chi connectivity index (χ0n) is 11.7. The lowest BCUT2D eigenvalue weighted by Crippen LogP contribution is -1.97. The van der Waals surface area contributed by atoms with E-state index in [4.69, 9.17) is 9.08 Å². The Labute approximate surface area is 128 Å². The zero-order valence-corrected chi connectivity index (χ0v) is 12.5. The first-order valence-corrected chi connectivity index (χ1v) is 8.00. The van der Waals surface area contributed by atoms with Crippen molar-refractivity contribution in [1.82, 2.24) is 5.16 Å². The van der Waals surface area contributed by atoms with Gasteiger partial charge in [0, 0.05) is 5.56 Å². The lowest BCUT2D eigenvalue weighted by molar-refractivity contribution is 0.400. The first kappa shape index (κ1) is 14.5. The van der Waals surface area contributed by atoms with Crippen molar-refractivity contribution in [3.63, 3.8) is 0 Å². The summed E-state index contributed by atoms with van der Waals surface area (Å²) < 4.78 is 36.5. The van der Waals surface area contributed by atoms with Crippen molar-refractivity contribution in [2.75, 3.05) is 0 Å². The molecule has 0 saturated heterocycles. The van der Waals surface area contributed by atoms with Crippen LogP contribution in [0.2, 0.25) is 0 Å². The molecule has 3 rings (SSSR count). The second-order valence-electron chi connectivity index (χ2n) is 4.83. The molecule has 1 heterocycles. The van der Waals surface area contributed by atoms with Crippen molar-refractivity contribution in [3.05, 3.63) is 60.4 Å². The van der Waals surface area contributed by atoms with Crippen LogP contribution in [0.5, 0.6) is 0 Å². The molecule has 0 fully saturated rings. The minimum Gasteiger partial charge on any atom is -0.360 e. The summed E-state index contributed by atoms with van der Waals surface area (Å²) in [7, 11) is -4.20. The molecule has 0 atom stereocenters. The molecule has 0 aliphatic rings. The highest BCUT2D eigenvalue weighted by Gasteiger charge is 2.17. The summed E-state index contributed by atoms with van der Waals surface area (Å²) in [4.78, 5) is -0.155. The van der Waals surface area contributed by atoms with E-state index in [1.54, 1.807) is 12.1 Å². The summed E-state index contributed by atoms with van der Waals surface area (Å²) >= 11 is 0. The summed E-state index contributed by atoms with van der Waals surface area (Å²) in [6.45, 7) is 1.82. The molecule has 0 aliphatic heterocycles. The lowest BCUT2D eigenvalue weighted by atomic mass is 10.00. The number of aryl methyl sites for hydroxylation is 1. The summed E-state index contributed by atoms with van der Waals surface area (Å²) in [5, 5.41) is 4.07. The van der Waals surface area contributed by atoms with Crippen LogP contribution in [0.4, 0.5) is 0 Å². The number of hydrogen-bond acceptors (Lipinski definition) is 4. The van der Waals surface area contributed by atoms with Gasteiger partial charge in [0.05, 0.1) is 10.5 Å². The fourth-order valence-electron chi connectivity index (χ4n) is 2.30. The van der Waals surface area contributed by atoms with Crippen LogP contribution >= 0.6 is 0 Å². The van der Waals surface area contributed by atoms with Crippen molar-refractivity contribution in [3.8, 4) is 22.4 Å². The van der Waals surface area contributed by atoms with E-state index < -0.39 is 10.1 Å². The van der Waals surface area contributed by atoms with Crippen LogP contribution < -0.4 is 0 Å². The van der Waals surface area contributed by atoms with Gasteiger partial charge in [0.1, 0.15) is 11.5 Å². The molecule has 0 aliphatic carbocycles. The quantitative estimate of drug-likeness (QED) is 0.747. The molecule has 1 aromatic heterocycles. The monoisotopic (exact) mass is 315 g/mol. The minimum atomic E-state index is -4.20. The van der Waals surface area contributed by atoms with Crippen LogP contribution in [0.3, 0.4) is 0 Å². The van der Waals surface area contributed by atoms with Crippen LogP contribution in [0.15, 0.2) is 64.0 Å². The fraction of sp³-hybridized carbons (Fsp3) is 0.0625. The number of rotatable bonds is 3. The Morgan fingerprint density at radius 1 is 0.955 bits per heavy atom. The molecule has 0 amide bonds. The molecule has 5 nitrogen and oxygen atoms in total. The molecule has 6 heteroatoms. The maximum absolute atomic E-state index is 11.1. The zero-order chi connectivity index (χ0) is 15.7. The third kappa shape index (κ3) is 2.66.